The lowest BCUT2D eigenvalue weighted by Crippen LogP contribution is -2.55. The maximum Gasteiger partial charge on any atom is 0.249 e. The molecule has 8 nitrogen and oxygen atoms in total. The van der Waals surface area contributed by atoms with Crippen LogP contribution in [0.15, 0.2) is 24.3 Å². The zero-order valence-corrected chi connectivity index (χ0v) is 18.4. The van der Waals surface area contributed by atoms with Crippen molar-refractivity contribution in [1.29, 1.82) is 0 Å². The van der Waals surface area contributed by atoms with Crippen LogP contribution in [0, 0.1) is 11.8 Å². The fourth-order valence-electron chi connectivity index (χ4n) is 5.60. The van der Waals surface area contributed by atoms with Crippen molar-refractivity contribution in [2.75, 3.05) is 39.3 Å². The van der Waals surface area contributed by atoms with E-state index in [0.717, 1.165) is 19.3 Å². The van der Waals surface area contributed by atoms with E-state index in [1.165, 1.54) is 4.90 Å². The molecule has 0 aromatic heterocycles. The van der Waals surface area contributed by atoms with E-state index in [2.05, 4.69) is 6.92 Å². The standard InChI is InChI=1S/C23H33N3O5/c1-3-5-11-25-13-7-9-23-18(21(29)26(14-15-27)19(23)22(25)30)17-16(31-23)8-6-12-24(10-4-2)20(17)28/h6-9,16-19,27H,3-5,10-15H2,1-2H3/t16-,17+,18-,19?,23-/m0/s1. The number of nitrogens with zero attached hydrogens (tertiary/aromatic N) is 3. The van der Waals surface area contributed by atoms with Gasteiger partial charge < -0.3 is 24.5 Å². The first kappa shape index (κ1) is 22.0. The van der Waals surface area contributed by atoms with Crippen LogP contribution in [0.4, 0.5) is 0 Å². The molecular weight excluding hydrogens is 398 g/mol. The van der Waals surface area contributed by atoms with Gasteiger partial charge in [0.2, 0.25) is 17.7 Å². The molecule has 4 rings (SSSR count). The van der Waals surface area contributed by atoms with Crippen molar-refractivity contribution in [3.63, 3.8) is 0 Å². The molecule has 2 saturated heterocycles. The molecule has 4 aliphatic rings. The van der Waals surface area contributed by atoms with Gasteiger partial charge in [0.15, 0.2) is 0 Å². The van der Waals surface area contributed by atoms with Crippen LogP contribution in [-0.4, -0.2) is 94.6 Å². The highest BCUT2D eigenvalue weighted by Crippen LogP contribution is 2.53. The molecule has 4 heterocycles. The number of β-amino-alcohol motifs (C(OH)–C–C–N with tert-alkyl or cyclic N) is 1. The predicted octanol–water partition coefficient (Wildman–Crippen LogP) is 0.566. The van der Waals surface area contributed by atoms with E-state index < -0.39 is 29.6 Å². The second-order valence-corrected chi connectivity index (χ2v) is 8.85. The van der Waals surface area contributed by atoms with Crippen LogP contribution in [0.1, 0.15) is 33.1 Å². The first-order chi connectivity index (χ1) is 15.0. The lowest BCUT2D eigenvalue weighted by molar-refractivity contribution is -0.148. The summed E-state index contributed by atoms with van der Waals surface area (Å²) in [6.07, 6.45) is 9.67. The first-order valence-electron chi connectivity index (χ1n) is 11.5. The molecular formula is C23H33N3O5. The quantitative estimate of drug-likeness (QED) is 0.595. The maximum absolute atomic E-state index is 13.6. The van der Waals surface area contributed by atoms with E-state index in [0.29, 0.717) is 26.2 Å². The number of aliphatic hydroxyl groups excluding tert-OH is 1. The highest BCUT2D eigenvalue weighted by atomic mass is 16.5. The number of unbranched alkanes of at least 4 members (excludes halogenated alkanes) is 1. The fraction of sp³-hybridized carbons (Fsp3) is 0.696. The Kier molecular flexibility index (Phi) is 6.21. The van der Waals surface area contributed by atoms with Crippen molar-refractivity contribution >= 4 is 17.7 Å². The van der Waals surface area contributed by atoms with E-state index in [1.54, 1.807) is 9.80 Å². The molecule has 5 atom stereocenters. The number of amides is 3. The number of likely N-dealkylation sites (tertiary alicyclic amines) is 1. The average Bonchev–Trinajstić information content (AvgIpc) is 3.06. The van der Waals surface area contributed by atoms with E-state index in [-0.39, 0.29) is 30.9 Å². The van der Waals surface area contributed by atoms with Gasteiger partial charge >= 0.3 is 0 Å². The summed E-state index contributed by atoms with van der Waals surface area (Å²) in [5, 5.41) is 9.64. The molecule has 1 N–H and O–H groups in total. The number of aliphatic hydroxyl groups is 1. The lowest BCUT2D eigenvalue weighted by atomic mass is 9.77. The lowest BCUT2D eigenvalue weighted by Gasteiger charge is -2.35. The number of hydrogen-bond donors (Lipinski definition) is 1. The van der Waals surface area contributed by atoms with E-state index >= 15 is 0 Å². The van der Waals surface area contributed by atoms with Crippen LogP contribution in [0.25, 0.3) is 0 Å². The molecule has 0 bridgehead atoms. The molecule has 8 heteroatoms. The highest BCUT2D eigenvalue weighted by molar-refractivity contribution is 5.99. The van der Waals surface area contributed by atoms with Crippen LogP contribution in [-0.2, 0) is 19.1 Å². The number of carbonyl (C=O) groups excluding carboxylic acids is 3. The molecule has 0 saturated carbocycles. The number of hydrogen-bond acceptors (Lipinski definition) is 5. The third-order valence-corrected chi connectivity index (χ3v) is 6.94. The Balaban J connectivity index is 1.76. The van der Waals surface area contributed by atoms with E-state index in [1.807, 2.05) is 31.2 Å². The summed E-state index contributed by atoms with van der Waals surface area (Å²) in [7, 11) is 0. The first-order valence-corrected chi connectivity index (χ1v) is 11.5. The van der Waals surface area contributed by atoms with Crippen LogP contribution in [0.3, 0.4) is 0 Å². The molecule has 31 heavy (non-hydrogen) atoms. The third kappa shape index (κ3) is 3.40. The van der Waals surface area contributed by atoms with Gasteiger partial charge in [0.1, 0.15) is 11.6 Å². The molecule has 1 spiro atoms. The zero-order valence-electron chi connectivity index (χ0n) is 18.4. The molecule has 170 valence electrons. The Bertz CT molecular complexity index is 796. The summed E-state index contributed by atoms with van der Waals surface area (Å²) in [5.41, 5.74) is -1.19. The largest absolute Gasteiger partial charge is 0.395 e. The second kappa shape index (κ2) is 8.74. The summed E-state index contributed by atoms with van der Waals surface area (Å²) in [4.78, 5) is 45.7. The fourth-order valence-corrected chi connectivity index (χ4v) is 5.60. The van der Waals surface area contributed by atoms with Gasteiger partial charge in [0.05, 0.1) is 24.5 Å². The average molecular weight is 432 g/mol. The summed E-state index contributed by atoms with van der Waals surface area (Å²) in [6.45, 7) is 6.06. The molecule has 1 unspecified atom stereocenters. The summed E-state index contributed by atoms with van der Waals surface area (Å²) < 4.78 is 6.50. The zero-order chi connectivity index (χ0) is 22.2. The third-order valence-electron chi connectivity index (χ3n) is 6.94. The van der Waals surface area contributed by atoms with Gasteiger partial charge in [-0.05, 0) is 12.8 Å². The van der Waals surface area contributed by atoms with Gasteiger partial charge in [-0.1, -0.05) is 44.6 Å². The highest BCUT2D eigenvalue weighted by Gasteiger charge is 2.71. The van der Waals surface area contributed by atoms with Crippen molar-refractivity contribution in [1.82, 2.24) is 14.7 Å². The van der Waals surface area contributed by atoms with E-state index in [9.17, 15) is 19.5 Å². The van der Waals surface area contributed by atoms with Gasteiger partial charge in [0.25, 0.3) is 0 Å². The van der Waals surface area contributed by atoms with Crippen LogP contribution >= 0.6 is 0 Å². The van der Waals surface area contributed by atoms with Crippen LogP contribution in [0.2, 0.25) is 0 Å². The minimum atomic E-state index is -1.19. The van der Waals surface area contributed by atoms with Gasteiger partial charge in [-0.25, -0.2) is 0 Å². The van der Waals surface area contributed by atoms with Crippen molar-refractivity contribution < 1.29 is 24.2 Å². The van der Waals surface area contributed by atoms with Gasteiger partial charge in [-0.3, -0.25) is 14.4 Å². The SMILES string of the molecule is CCCCN1CC=C[C@]23O[C@H]4C=CCN(CCC)C(=O)[C@H]4[C@H]2C(=O)N(CCO)C3C1=O. The monoisotopic (exact) mass is 431 g/mol. The number of rotatable bonds is 7. The maximum atomic E-state index is 13.6. The number of ether oxygens (including phenoxy) is 1. The Labute approximate surface area is 183 Å². The summed E-state index contributed by atoms with van der Waals surface area (Å²) in [6, 6.07) is -0.861. The van der Waals surface area contributed by atoms with Gasteiger partial charge in [-0.2, -0.15) is 0 Å². The summed E-state index contributed by atoms with van der Waals surface area (Å²) >= 11 is 0. The Morgan fingerprint density at radius 2 is 1.74 bits per heavy atom. The van der Waals surface area contributed by atoms with Gasteiger partial charge in [0, 0.05) is 32.7 Å². The van der Waals surface area contributed by atoms with Gasteiger partial charge in [-0.15, -0.1) is 0 Å². The minimum absolute atomic E-state index is 0.0480. The van der Waals surface area contributed by atoms with E-state index in [4.69, 9.17) is 4.74 Å². The van der Waals surface area contributed by atoms with Crippen molar-refractivity contribution in [2.45, 2.75) is 50.9 Å². The smallest absolute Gasteiger partial charge is 0.249 e. The molecule has 3 amide bonds. The summed E-state index contributed by atoms with van der Waals surface area (Å²) in [5.74, 6) is -1.97. The van der Waals surface area contributed by atoms with Crippen molar-refractivity contribution in [3.05, 3.63) is 24.3 Å². The second-order valence-electron chi connectivity index (χ2n) is 8.85. The molecule has 0 radical (unpaired) electrons. The van der Waals surface area contributed by atoms with Crippen molar-refractivity contribution in [3.8, 4) is 0 Å². The molecule has 2 fully saturated rings. The van der Waals surface area contributed by atoms with Crippen molar-refractivity contribution in [2.24, 2.45) is 11.8 Å². The predicted molar refractivity (Wildman–Crippen MR) is 114 cm³/mol. The molecule has 0 aliphatic carbocycles. The Morgan fingerprint density at radius 1 is 1.00 bits per heavy atom. The molecule has 4 aliphatic heterocycles. The topological polar surface area (TPSA) is 90.4 Å². The number of carbonyl (C=O) groups is 3. The van der Waals surface area contributed by atoms with Crippen LogP contribution < -0.4 is 0 Å². The Hall–Kier alpha value is -2.19. The number of fused-ring (bicyclic) bond motifs is 2. The molecule has 0 aromatic rings. The van der Waals surface area contributed by atoms with Crippen LogP contribution in [0.5, 0.6) is 0 Å². The normalized spacial score (nSPS) is 34.7. The Morgan fingerprint density at radius 3 is 2.45 bits per heavy atom. The minimum Gasteiger partial charge on any atom is -0.395 e. The molecule has 0 aromatic carbocycles.